The predicted octanol–water partition coefficient (Wildman–Crippen LogP) is 6.51. The summed E-state index contributed by atoms with van der Waals surface area (Å²) in [6.45, 7) is 7.63. The number of carboxylic acid groups (broad SMARTS) is 1. The number of nitrogens with one attached hydrogen (secondary N) is 2. The molecule has 44 heteroatoms. The molecule has 10 atom stereocenters. The fourth-order valence-electron chi connectivity index (χ4n) is 16.5. The van der Waals surface area contributed by atoms with Crippen LogP contribution in [0.3, 0.4) is 0 Å². The van der Waals surface area contributed by atoms with E-state index in [2.05, 4.69) is 10.6 Å². The minimum atomic E-state index is -4.63. The van der Waals surface area contributed by atoms with E-state index in [-0.39, 0.29) is 116 Å². The van der Waals surface area contributed by atoms with Crippen LogP contribution in [0.25, 0.3) is 0 Å². The van der Waals surface area contributed by atoms with Gasteiger partial charge < -0.3 is 44.5 Å². The van der Waals surface area contributed by atoms with Gasteiger partial charge in [-0.3, -0.25) is 63.6 Å². The van der Waals surface area contributed by atoms with Gasteiger partial charge >= 0.3 is 30.1 Å². The van der Waals surface area contributed by atoms with Crippen LogP contribution in [-0.4, -0.2) is 238 Å². The Morgan fingerprint density at radius 1 is 0.543 bits per heavy atom. The van der Waals surface area contributed by atoms with Gasteiger partial charge in [0.15, 0.2) is 25.4 Å². The Morgan fingerprint density at radius 3 is 1.31 bits per heavy atom. The molecule has 38 nitrogen and oxygen atoms in total. The van der Waals surface area contributed by atoms with Crippen LogP contribution in [0.1, 0.15) is 154 Å². The van der Waals surface area contributed by atoms with Crippen molar-refractivity contribution in [1.29, 1.82) is 0 Å². The molecule has 10 aliphatic rings. The maximum absolute atomic E-state index is 14.9. The first-order chi connectivity index (χ1) is 59.5. The van der Waals surface area contributed by atoms with Crippen molar-refractivity contribution in [2.75, 3.05) is 45.0 Å². The molecule has 4 aromatic carbocycles. The van der Waals surface area contributed by atoms with E-state index in [9.17, 15) is 116 Å². The lowest BCUT2D eigenvalue weighted by Crippen LogP contribution is -2.55. The van der Waals surface area contributed by atoms with E-state index in [0.717, 1.165) is 55.5 Å². The highest BCUT2D eigenvalue weighted by atomic mass is 32.2. The van der Waals surface area contributed by atoms with Gasteiger partial charge in [0.2, 0.25) is 53.7 Å². The zero-order valence-electron chi connectivity index (χ0n) is 70.4. The number of ketones is 1. The standard InChI is InChI=1S/C42H50FN5O13S2.C38H44FN5O12S.C3H7NO2S/c1-41(2,3)61-37(50)19-26-16-18-46(63(58,59)35-13-5-4-12-33(35)48(54)55)17-7-6-10-28-21-42(28,36(49)25-62(56,57)30-14-15-30)44-38(51)34-20-29(23-47(34)39(26)52)60-40(53)45-22-27-9-8-11-32(43)31(27)24-45;1-37(2,3)56-32(45)17-23-14-16-42(57(53,54)31-13-5-4-12-29(31)44(51)52)15-7-6-10-25-19-38(25,35(48)49)40-33(46)30-18-26(21-43(30)34(23)47)55-36(50)41-20-24-9-8-11-28(39)27(24)22-41;4-7(5,6)3-1-2-3/h4-6,8-13,26,28-30,34H,7,14-25H2,1-3H3,(H,44,51);4-6,8-13,23,25-26,30H,7,14-22H2,1-3H3,(H,40,46)(H,48,49);3H,1-2H2,(H2,4,5,6)/b2*10-6-;/t26-,28-,29-,34+,42-;23-,25-,26-,30+,38-;/m11./s1. The SMILES string of the molecule is CC(C)(C)OC(=O)C[C@H]1CCN(S(=O)(=O)c2ccccc2[N+](=O)[O-])CC/C=C\[C@@H]2C[C@@]2(C(=O)CS(=O)(=O)C2CC2)NC(=O)[C@@H]2C[C@@H](OC(=O)N3Cc4cccc(F)c4C3)CN2C1=O.CC(C)(C)OC(=O)C[C@H]1CCN(S(=O)(=O)c2ccccc2[N+](=O)[O-])CC/C=C\[C@@H]2C[C@@]2(C(=O)O)NC(=O)[C@@H]2C[C@@H](OC(=O)N3Cc4cccc(F)c4C3)CN2C1=O.NS(=O)(=O)C1CC1. The Hall–Kier alpha value is -10.8. The third-order valence-electron chi connectivity index (χ3n) is 23.6. The number of amides is 6. The summed E-state index contributed by atoms with van der Waals surface area (Å²) in [5.41, 5.74) is -4.92. The molecule has 0 unspecified atom stereocenters. The van der Waals surface area contributed by atoms with Gasteiger partial charge in [-0.2, -0.15) is 8.61 Å². The van der Waals surface area contributed by atoms with Crippen molar-refractivity contribution in [3.63, 3.8) is 0 Å². The van der Waals surface area contributed by atoms with Crippen molar-refractivity contribution >= 4 is 111 Å². The minimum Gasteiger partial charge on any atom is -0.479 e. The molecule has 0 spiro atoms. The molecule has 127 heavy (non-hydrogen) atoms. The number of Topliss-reactive ketones (excluding diaryl/α,β-unsaturated/α-hetero) is 1. The van der Waals surface area contributed by atoms with E-state index in [1.54, 1.807) is 78.0 Å². The Balaban J connectivity index is 0.000000215. The Morgan fingerprint density at radius 2 is 0.937 bits per heavy atom. The number of aliphatic carboxylic acids is 1. The maximum atomic E-state index is 14.9. The van der Waals surface area contributed by atoms with Crippen molar-refractivity contribution in [2.45, 2.75) is 224 Å². The lowest BCUT2D eigenvalue weighted by molar-refractivity contribution is -0.388. The van der Waals surface area contributed by atoms with Gasteiger partial charge in [-0.25, -0.2) is 62.0 Å². The zero-order valence-corrected chi connectivity index (χ0v) is 73.7. The summed E-state index contributed by atoms with van der Waals surface area (Å²) >= 11 is 0. The lowest BCUT2D eigenvalue weighted by Gasteiger charge is -2.30. The molecule has 5 N–H and O–H groups in total. The molecule has 4 saturated carbocycles. The van der Waals surface area contributed by atoms with Gasteiger partial charge in [0.1, 0.15) is 64.0 Å². The molecule has 0 bridgehead atoms. The number of esters is 2. The van der Waals surface area contributed by atoms with Gasteiger partial charge in [0.05, 0.1) is 59.4 Å². The Labute approximate surface area is 731 Å². The molecule has 0 radical (unpaired) electrons. The van der Waals surface area contributed by atoms with Crippen molar-refractivity contribution in [3.05, 3.63) is 163 Å². The number of sulfone groups is 1. The van der Waals surface area contributed by atoms with Gasteiger partial charge in [0.25, 0.3) is 11.4 Å². The van der Waals surface area contributed by atoms with Crippen molar-refractivity contribution in [3.8, 4) is 0 Å². The number of nitrogens with zero attached hydrogens (tertiary/aromatic N) is 8. The van der Waals surface area contributed by atoms with Crippen LogP contribution < -0.4 is 15.8 Å². The number of nitrogens with two attached hydrogens (primary N) is 1. The van der Waals surface area contributed by atoms with Crippen LogP contribution in [0.15, 0.2) is 119 Å². The number of hydrogen-bond acceptors (Lipinski definition) is 26. The summed E-state index contributed by atoms with van der Waals surface area (Å²) in [7, 11) is -16.2. The molecular weight excluding hydrogens is 1750 g/mol. The number of carbonyl (C=O) groups is 10. The fourth-order valence-corrected chi connectivity index (χ4v) is 22.3. The molecule has 6 fully saturated rings. The summed E-state index contributed by atoms with van der Waals surface area (Å²) in [5.74, 6) is -12.9. The molecule has 6 amide bonds. The molecule has 0 aromatic heterocycles. The second kappa shape index (κ2) is 37.5. The van der Waals surface area contributed by atoms with Crippen LogP contribution in [-0.2, 0) is 123 Å². The van der Waals surface area contributed by atoms with Gasteiger partial charge in [-0.1, -0.05) is 72.8 Å². The van der Waals surface area contributed by atoms with Gasteiger partial charge in [-0.05, 0) is 141 Å². The quantitative estimate of drug-likeness (QED) is 0.0271. The Kier molecular flexibility index (Phi) is 28.1. The second-order valence-corrected chi connectivity index (χ2v) is 43.2. The van der Waals surface area contributed by atoms with Crippen LogP contribution in [0.2, 0.25) is 0 Å². The highest BCUT2D eigenvalue weighted by molar-refractivity contribution is 7.93. The number of benzene rings is 4. The number of hydrogen-bond donors (Lipinski definition) is 4. The number of ether oxygens (including phenoxy) is 4. The van der Waals surface area contributed by atoms with Crippen LogP contribution in [0, 0.1) is 55.5 Å². The predicted molar refractivity (Wildman–Crippen MR) is 444 cm³/mol. The molecule has 688 valence electrons. The molecular formula is C83H101F2N11O27S4. The number of carboxylic acids is 1. The number of nitro benzene ring substituents is 2. The van der Waals surface area contributed by atoms with E-state index in [0.29, 0.717) is 35.1 Å². The average Bonchev–Trinajstić information content (AvgIpc) is 1.56. The van der Waals surface area contributed by atoms with E-state index in [1.165, 1.54) is 58.3 Å². The van der Waals surface area contributed by atoms with E-state index < -0.39 is 243 Å². The molecule has 6 heterocycles. The molecule has 2 saturated heterocycles. The lowest BCUT2D eigenvalue weighted by atomic mass is 9.98. The highest BCUT2D eigenvalue weighted by Gasteiger charge is 2.63. The largest absolute Gasteiger partial charge is 0.479 e. The number of para-hydroxylation sites is 2. The van der Waals surface area contributed by atoms with Gasteiger partial charge in [0, 0.05) is 99.0 Å². The van der Waals surface area contributed by atoms with E-state index in [1.807, 2.05) is 0 Å². The van der Waals surface area contributed by atoms with Crippen molar-refractivity contribution in [2.24, 2.45) is 28.8 Å². The first kappa shape index (κ1) is 95.3. The molecule has 4 aliphatic carbocycles. The number of primary sulfonamides is 1. The molecule has 6 aliphatic heterocycles. The molecule has 4 aromatic rings. The summed E-state index contributed by atoms with van der Waals surface area (Å²) in [5, 5.41) is 43.3. The third kappa shape index (κ3) is 22.5. The highest BCUT2D eigenvalue weighted by Crippen LogP contribution is 2.49. The number of carbonyl (C=O) groups excluding carboxylic acids is 9. The van der Waals surface area contributed by atoms with Crippen LogP contribution >= 0.6 is 0 Å². The summed E-state index contributed by atoms with van der Waals surface area (Å²) in [6, 6.07) is 15.7. The number of halogens is 2. The number of nitro groups is 2. The van der Waals surface area contributed by atoms with Crippen LogP contribution in [0.4, 0.5) is 29.7 Å². The smallest absolute Gasteiger partial charge is 0.410 e. The summed E-state index contributed by atoms with van der Waals surface area (Å²) < 4.78 is 157. The minimum absolute atomic E-state index is 0.00108. The first-order valence-corrected chi connectivity index (χ1v) is 47.6. The second-order valence-electron chi connectivity index (χ2n) is 35.3. The number of fused-ring (bicyclic) bond motifs is 6. The topological polar surface area (TPSA) is 520 Å². The molecule has 14 rings (SSSR count). The fraction of sp³-hybridized carbons (Fsp3) is 0.542. The zero-order chi connectivity index (χ0) is 92.6. The van der Waals surface area contributed by atoms with Crippen LogP contribution in [0.5, 0.6) is 0 Å². The number of sulfonamides is 3. The number of rotatable bonds is 18. The normalized spacial score (nSPS) is 26.0. The summed E-state index contributed by atoms with van der Waals surface area (Å²) in [4.78, 5) is 164. The van der Waals surface area contributed by atoms with E-state index >= 15 is 0 Å². The Bertz CT molecular complexity index is 5610. The third-order valence-corrected chi connectivity index (χ3v) is 31.0. The summed E-state index contributed by atoms with van der Waals surface area (Å²) in [6.07, 6.45) is 2.50. The van der Waals surface area contributed by atoms with Crippen molar-refractivity contribution in [1.82, 2.24) is 38.8 Å². The maximum Gasteiger partial charge on any atom is 0.410 e. The van der Waals surface area contributed by atoms with Gasteiger partial charge in [-0.15, -0.1) is 0 Å². The van der Waals surface area contributed by atoms with E-state index in [4.69, 9.17) is 24.1 Å². The first-order valence-electron chi connectivity index (χ1n) is 41.4. The average molecular weight is 1850 g/mol. The monoisotopic (exact) mass is 1850 g/mol. The van der Waals surface area contributed by atoms with Crippen molar-refractivity contribution < 1.29 is 124 Å².